The van der Waals surface area contributed by atoms with Crippen molar-refractivity contribution in [3.05, 3.63) is 41.1 Å². The molecule has 0 atom stereocenters. The summed E-state index contributed by atoms with van der Waals surface area (Å²) in [5, 5.41) is 0. The first kappa shape index (κ1) is 21.2. The first-order valence-electron chi connectivity index (χ1n) is 10.8. The van der Waals surface area contributed by atoms with E-state index in [1.165, 1.54) is 0 Å². The van der Waals surface area contributed by atoms with E-state index in [9.17, 15) is 9.59 Å². The second-order valence-corrected chi connectivity index (χ2v) is 8.09. The Kier molecular flexibility index (Phi) is 6.15. The highest BCUT2D eigenvalue weighted by molar-refractivity contribution is 5.95. The molecule has 2 aliphatic heterocycles. The third-order valence-electron chi connectivity index (χ3n) is 6.17. The molecule has 3 heterocycles. The molecule has 0 saturated carbocycles. The average Bonchev–Trinajstić information content (AvgIpc) is 3.48. The summed E-state index contributed by atoms with van der Waals surface area (Å²) in [6, 6.07) is 5.21. The summed E-state index contributed by atoms with van der Waals surface area (Å²) in [7, 11) is 3.12. The number of hydrogen-bond donors (Lipinski definition) is 0. The fraction of sp³-hybridized carbons (Fsp3) is 0.522. The van der Waals surface area contributed by atoms with Crippen molar-refractivity contribution in [3.8, 4) is 11.5 Å². The van der Waals surface area contributed by atoms with E-state index < -0.39 is 0 Å². The summed E-state index contributed by atoms with van der Waals surface area (Å²) in [4.78, 5) is 33.9. The minimum atomic E-state index is -0.0360. The lowest BCUT2D eigenvalue weighted by molar-refractivity contribution is 0.0705. The standard InChI is InChI=1S/C23H29N3O5/c1-15-20(23(28)25-10-4-5-11-25)24-21(31-15)16-8-12-26(13-9-16)22(27)17-6-7-18(29-2)19(14-17)30-3/h6-7,14,16H,4-5,8-13H2,1-3H3. The van der Waals surface area contributed by atoms with Crippen LogP contribution in [0.2, 0.25) is 0 Å². The first-order chi connectivity index (χ1) is 15.0. The quantitative estimate of drug-likeness (QED) is 0.728. The van der Waals surface area contributed by atoms with Crippen LogP contribution >= 0.6 is 0 Å². The maximum absolute atomic E-state index is 12.9. The number of benzene rings is 1. The zero-order valence-electron chi connectivity index (χ0n) is 18.3. The normalized spacial score (nSPS) is 17.1. The van der Waals surface area contributed by atoms with Crippen molar-refractivity contribution in [2.45, 2.75) is 38.5 Å². The van der Waals surface area contributed by atoms with Crippen LogP contribution in [-0.4, -0.2) is 67.0 Å². The summed E-state index contributed by atoms with van der Waals surface area (Å²) in [6.07, 6.45) is 3.58. The summed E-state index contributed by atoms with van der Waals surface area (Å²) >= 11 is 0. The predicted octanol–water partition coefficient (Wildman–Crippen LogP) is 3.26. The van der Waals surface area contributed by atoms with Gasteiger partial charge in [-0.1, -0.05) is 0 Å². The van der Waals surface area contributed by atoms with Crippen LogP contribution in [0.5, 0.6) is 11.5 Å². The molecular formula is C23H29N3O5. The van der Waals surface area contributed by atoms with Crippen LogP contribution in [-0.2, 0) is 0 Å². The van der Waals surface area contributed by atoms with Gasteiger partial charge in [0, 0.05) is 37.7 Å². The van der Waals surface area contributed by atoms with E-state index in [-0.39, 0.29) is 17.7 Å². The number of oxazole rings is 1. The maximum atomic E-state index is 12.9. The van der Waals surface area contributed by atoms with Crippen molar-refractivity contribution < 1.29 is 23.5 Å². The van der Waals surface area contributed by atoms with Crippen LogP contribution in [0, 0.1) is 6.92 Å². The molecule has 0 aliphatic carbocycles. The number of carbonyl (C=O) groups excluding carboxylic acids is 2. The number of likely N-dealkylation sites (tertiary alicyclic amines) is 2. The van der Waals surface area contributed by atoms with E-state index in [0.29, 0.717) is 47.5 Å². The van der Waals surface area contributed by atoms with Crippen molar-refractivity contribution >= 4 is 11.8 Å². The van der Waals surface area contributed by atoms with Gasteiger partial charge in [-0.3, -0.25) is 9.59 Å². The molecule has 0 unspecified atom stereocenters. The zero-order valence-corrected chi connectivity index (χ0v) is 18.3. The van der Waals surface area contributed by atoms with E-state index in [4.69, 9.17) is 13.9 Å². The number of ether oxygens (including phenoxy) is 2. The second kappa shape index (κ2) is 8.99. The molecule has 1 aromatic carbocycles. The smallest absolute Gasteiger partial charge is 0.276 e. The molecule has 0 radical (unpaired) electrons. The molecular weight excluding hydrogens is 398 g/mol. The number of amides is 2. The molecule has 2 amide bonds. The van der Waals surface area contributed by atoms with Gasteiger partial charge in [0.2, 0.25) is 0 Å². The molecule has 0 N–H and O–H groups in total. The molecule has 31 heavy (non-hydrogen) atoms. The molecule has 0 spiro atoms. The predicted molar refractivity (Wildman–Crippen MR) is 114 cm³/mol. The number of rotatable bonds is 5. The van der Waals surface area contributed by atoms with Gasteiger partial charge in [0.25, 0.3) is 11.8 Å². The monoisotopic (exact) mass is 427 g/mol. The Morgan fingerprint density at radius 1 is 0.968 bits per heavy atom. The molecule has 166 valence electrons. The Morgan fingerprint density at radius 3 is 2.26 bits per heavy atom. The topological polar surface area (TPSA) is 85.1 Å². The number of nitrogens with zero attached hydrogens (tertiary/aromatic N) is 3. The van der Waals surface area contributed by atoms with Gasteiger partial charge in [-0.05, 0) is 50.8 Å². The molecule has 2 fully saturated rings. The van der Waals surface area contributed by atoms with E-state index in [0.717, 1.165) is 38.8 Å². The summed E-state index contributed by atoms with van der Waals surface area (Å²) < 4.78 is 16.4. The van der Waals surface area contributed by atoms with Gasteiger partial charge in [-0.15, -0.1) is 0 Å². The van der Waals surface area contributed by atoms with Gasteiger partial charge in [0.05, 0.1) is 14.2 Å². The van der Waals surface area contributed by atoms with E-state index in [1.54, 1.807) is 39.3 Å². The third-order valence-corrected chi connectivity index (χ3v) is 6.17. The Bertz CT molecular complexity index is 956. The number of piperidine rings is 1. The third kappa shape index (κ3) is 4.24. The zero-order chi connectivity index (χ0) is 22.0. The highest BCUT2D eigenvalue weighted by Crippen LogP contribution is 2.32. The lowest BCUT2D eigenvalue weighted by Gasteiger charge is -2.30. The van der Waals surface area contributed by atoms with Gasteiger partial charge >= 0.3 is 0 Å². The highest BCUT2D eigenvalue weighted by atomic mass is 16.5. The average molecular weight is 428 g/mol. The molecule has 8 nitrogen and oxygen atoms in total. The van der Waals surface area contributed by atoms with Crippen molar-refractivity contribution in [3.63, 3.8) is 0 Å². The minimum Gasteiger partial charge on any atom is -0.493 e. The number of hydrogen-bond acceptors (Lipinski definition) is 6. The highest BCUT2D eigenvalue weighted by Gasteiger charge is 2.31. The largest absolute Gasteiger partial charge is 0.493 e. The lowest BCUT2D eigenvalue weighted by Crippen LogP contribution is -2.38. The van der Waals surface area contributed by atoms with Crippen molar-refractivity contribution in [1.29, 1.82) is 0 Å². The molecule has 2 aliphatic rings. The minimum absolute atomic E-state index is 0.0344. The van der Waals surface area contributed by atoms with Crippen molar-refractivity contribution in [1.82, 2.24) is 14.8 Å². The van der Waals surface area contributed by atoms with Gasteiger partial charge < -0.3 is 23.7 Å². The number of methoxy groups -OCH3 is 2. The molecule has 2 saturated heterocycles. The van der Waals surface area contributed by atoms with Gasteiger partial charge in [-0.2, -0.15) is 0 Å². The van der Waals surface area contributed by atoms with Gasteiger partial charge in [-0.25, -0.2) is 4.98 Å². The van der Waals surface area contributed by atoms with Crippen molar-refractivity contribution in [2.75, 3.05) is 40.4 Å². The first-order valence-corrected chi connectivity index (χ1v) is 10.8. The fourth-order valence-corrected chi connectivity index (χ4v) is 4.34. The summed E-state index contributed by atoms with van der Waals surface area (Å²) in [6.45, 7) is 4.59. The van der Waals surface area contributed by atoms with Crippen LogP contribution in [0.15, 0.2) is 22.6 Å². The fourth-order valence-electron chi connectivity index (χ4n) is 4.34. The number of carbonyl (C=O) groups is 2. The molecule has 0 bridgehead atoms. The summed E-state index contributed by atoms with van der Waals surface area (Å²) in [5.74, 6) is 2.35. The van der Waals surface area contributed by atoms with Crippen LogP contribution < -0.4 is 9.47 Å². The van der Waals surface area contributed by atoms with Crippen LogP contribution in [0.3, 0.4) is 0 Å². The molecule has 1 aromatic heterocycles. The number of aromatic nitrogens is 1. The SMILES string of the molecule is COc1ccc(C(=O)N2CCC(c3nc(C(=O)N4CCCC4)c(C)o3)CC2)cc1OC. The summed E-state index contributed by atoms with van der Waals surface area (Å²) in [5.41, 5.74) is 1.00. The Morgan fingerprint density at radius 2 is 1.61 bits per heavy atom. The van der Waals surface area contributed by atoms with Gasteiger partial charge in [0.15, 0.2) is 23.1 Å². The number of aryl methyl sites for hydroxylation is 1. The van der Waals surface area contributed by atoms with Crippen LogP contribution in [0.4, 0.5) is 0 Å². The van der Waals surface area contributed by atoms with E-state index in [1.807, 2.05) is 9.80 Å². The molecule has 8 heteroatoms. The lowest BCUT2D eigenvalue weighted by atomic mass is 9.96. The Labute approximate surface area is 182 Å². The van der Waals surface area contributed by atoms with E-state index >= 15 is 0 Å². The molecule has 4 rings (SSSR count). The molecule has 2 aromatic rings. The second-order valence-electron chi connectivity index (χ2n) is 8.09. The van der Waals surface area contributed by atoms with Crippen LogP contribution in [0.25, 0.3) is 0 Å². The Balaban J connectivity index is 1.40. The van der Waals surface area contributed by atoms with E-state index in [2.05, 4.69) is 4.98 Å². The Hall–Kier alpha value is -3.03. The van der Waals surface area contributed by atoms with Crippen molar-refractivity contribution in [2.24, 2.45) is 0 Å². The van der Waals surface area contributed by atoms with Gasteiger partial charge in [0.1, 0.15) is 5.76 Å². The maximum Gasteiger partial charge on any atom is 0.276 e. The van der Waals surface area contributed by atoms with Crippen LogP contribution in [0.1, 0.15) is 64.1 Å².